The zero-order valence-electron chi connectivity index (χ0n) is 11.2. The fraction of sp³-hybridized carbons (Fsp3) is 0.500. The van der Waals surface area contributed by atoms with Crippen molar-refractivity contribution in [2.24, 2.45) is 5.41 Å². The summed E-state index contributed by atoms with van der Waals surface area (Å²) >= 11 is 0. The Labute approximate surface area is 100.0 Å². The highest BCUT2D eigenvalue weighted by Gasteiger charge is 2.30. The summed E-state index contributed by atoms with van der Waals surface area (Å²) in [5.74, 6) is 0.176. The monoisotopic (exact) mass is 234 g/mol. The van der Waals surface area contributed by atoms with Gasteiger partial charge in [-0.3, -0.25) is 4.79 Å². The summed E-state index contributed by atoms with van der Waals surface area (Å²) in [7, 11) is -1.28. The first-order chi connectivity index (χ1) is 7.13. The zero-order chi connectivity index (χ0) is 12.6. The first-order valence-corrected chi connectivity index (χ1v) is 9.35. The lowest BCUT2D eigenvalue weighted by molar-refractivity contribution is -0.112. The Kier molecular flexibility index (Phi) is 3.43. The second-order valence-electron chi connectivity index (χ2n) is 6.18. The number of hydrogen-bond acceptors (Lipinski definition) is 1. The predicted octanol–water partition coefficient (Wildman–Crippen LogP) is 3.90. The molecule has 0 saturated carbocycles. The van der Waals surface area contributed by atoms with Crippen molar-refractivity contribution in [1.29, 1.82) is 0 Å². The Morgan fingerprint density at radius 2 is 1.88 bits per heavy atom. The molecule has 88 valence electrons. The number of allylic oxidation sites excluding steroid dienone is 5. The van der Waals surface area contributed by atoms with Crippen LogP contribution in [-0.4, -0.2) is 13.9 Å². The van der Waals surface area contributed by atoms with Gasteiger partial charge < -0.3 is 0 Å². The molecular formula is C14H22OSi. The van der Waals surface area contributed by atoms with Crippen LogP contribution in [0.1, 0.15) is 20.8 Å². The molecule has 0 aromatic rings. The fourth-order valence-corrected chi connectivity index (χ4v) is 2.58. The SMILES string of the molecule is CC1=C(C(=O)/C=C/[Si](C)(C)C)C(C)(C)C=C1. The van der Waals surface area contributed by atoms with Crippen LogP contribution in [0.25, 0.3) is 0 Å². The molecule has 0 aromatic carbocycles. The Morgan fingerprint density at radius 1 is 1.31 bits per heavy atom. The molecule has 1 aliphatic carbocycles. The van der Waals surface area contributed by atoms with E-state index in [1.165, 1.54) is 0 Å². The van der Waals surface area contributed by atoms with Crippen LogP contribution in [0, 0.1) is 5.41 Å². The largest absolute Gasteiger partial charge is 0.290 e. The Hall–Kier alpha value is -0.893. The summed E-state index contributed by atoms with van der Waals surface area (Å²) in [6.45, 7) is 12.9. The van der Waals surface area contributed by atoms with Crippen LogP contribution >= 0.6 is 0 Å². The molecule has 0 fully saturated rings. The van der Waals surface area contributed by atoms with Gasteiger partial charge in [0.25, 0.3) is 0 Å². The normalized spacial score (nSPS) is 19.9. The Morgan fingerprint density at radius 3 is 2.25 bits per heavy atom. The molecule has 0 unspecified atom stereocenters. The highest BCUT2D eigenvalue weighted by atomic mass is 28.3. The lowest BCUT2D eigenvalue weighted by atomic mass is 9.84. The maximum absolute atomic E-state index is 12.2. The van der Waals surface area contributed by atoms with Crippen molar-refractivity contribution >= 4 is 13.9 Å². The van der Waals surface area contributed by atoms with Crippen molar-refractivity contribution in [2.45, 2.75) is 40.4 Å². The molecule has 1 nitrogen and oxygen atoms in total. The molecule has 0 radical (unpaired) electrons. The van der Waals surface area contributed by atoms with Crippen molar-refractivity contribution in [3.63, 3.8) is 0 Å². The van der Waals surface area contributed by atoms with Crippen LogP contribution in [-0.2, 0) is 4.79 Å². The van der Waals surface area contributed by atoms with Crippen molar-refractivity contribution in [3.05, 3.63) is 35.1 Å². The van der Waals surface area contributed by atoms with E-state index in [0.29, 0.717) is 0 Å². The van der Waals surface area contributed by atoms with E-state index in [1.807, 2.05) is 6.92 Å². The van der Waals surface area contributed by atoms with Gasteiger partial charge in [0.05, 0.1) is 8.07 Å². The molecule has 0 spiro atoms. The van der Waals surface area contributed by atoms with E-state index in [0.717, 1.165) is 11.1 Å². The first-order valence-electron chi connectivity index (χ1n) is 5.78. The van der Waals surface area contributed by atoms with E-state index in [9.17, 15) is 4.79 Å². The van der Waals surface area contributed by atoms with E-state index >= 15 is 0 Å². The van der Waals surface area contributed by atoms with Gasteiger partial charge in [0.1, 0.15) is 0 Å². The maximum Gasteiger partial charge on any atom is 0.182 e. The molecule has 0 bridgehead atoms. The van der Waals surface area contributed by atoms with Gasteiger partial charge in [-0.2, -0.15) is 0 Å². The highest BCUT2D eigenvalue weighted by molar-refractivity contribution is 6.81. The van der Waals surface area contributed by atoms with Gasteiger partial charge in [-0.05, 0) is 18.6 Å². The van der Waals surface area contributed by atoms with Gasteiger partial charge in [-0.1, -0.05) is 51.3 Å². The minimum atomic E-state index is -1.28. The lowest BCUT2D eigenvalue weighted by Crippen LogP contribution is -2.19. The fourth-order valence-electron chi connectivity index (χ4n) is 1.93. The molecule has 0 N–H and O–H groups in total. The third-order valence-corrected chi connectivity index (χ3v) is 3.94. The molecule has 1 aliphatic rings. The minimum absolute atomic E-state index is 0.106. The van der Waals surface area contributed by atoms with E-state index < -0.39 is 8.07 Å². The molecule has 0 heterocycles. The van der Waals surface area contributed by atoms with Crippen LogP contribution in [0.5, 0.6) is 0 Å². The number of ketones is 1. The standard InChI is InChI=1S/C14H22OSi/c1-11-7-9-14(2,3)13(11)12(15)8-10-16(4,5)6/h7-10H,1-6H3/b10-8+. The summed E-state index contributed by atoms with van der Waals surface area (Å²) < 4.78 is 0. The minimum Gasteiger partial charge on any atom is -0.290 e. The second-order valence-corrected chi connectivity index (χ2v) is 11.2. The summed E-state index contributed by atoms with van der Waals surface area (Å²) in [6, 6.07) is 0. The van der Waals surface area contributed by atoms with Gasteiger partial charge in [0, 0.05) is 11.0 Å². The molecule has 1 rings (SSSR count). The number of carbonyl (C=O) groups is 1. The molecular weight excluding hydrogens is 212 g/mol. The number of carbonyl (C=O) groups excluding carboxylic acids is 1. The average molecular weight is 234 g/mol. The summed E-state index contributed by atoms with van der Waals surface area (Å²) in [5.41, 5.74) is 4.06. The maximum atomic E-state index is 12.2. The van der Waals surface area contributed by atoms with Crippen LogP contribution in [0.3, 0.4) is 0 Å². The smallest absolute Gasteiger partial charge is 0.182 e. The molecule has 0 atom stereocenters. The summed E-state index contributed by atoms with van der Waals surface area (Å²) in [4.78, 5) is 12.2. The number of hydrogen-bond donors (Lipinski definition) is 0. The summed E-state index contributed by atoms with van der Waals surface area (Å²) in [6.07, 6.45) is 5.94. The van der Waals surface area contributed by atoms with Gasteiger partial charge in [-0.15, -0.1) is 0 Å². The van der Waals surface area contributed by atoms with Crippen LogP contribution in [0.2, 0.25) is 19.6 Å². The zero-order valence-corrected chi connectivity index (χ0v) is 12.2. The Balaban J connectivity index is 2.93. The van der Waals surface area contributed by atoms with Gasteiger partial charge in [-0.25, -0.2) is 0 Å². The topological polar surface area (TPSA) is 17.1 Å². The Bertz CT molecular complexity index is 389. The molecule has 0 aromatic heterocycles. The van der Waals surface area contributed by atoms with Crippen molar-refractivity contribution in [2.75, 3.05) is 0 Å². The van der Waals surface area contributed by atoms with E-state index in [2.05, 4.69) is 51.3 Å². The van der Waals surface area contributed by atoms with E-state index in [4.69, 9.17) is 0 Å². The van der Waals surface area contributed by atoms with Crippen molar-refractivity contribution in [3.8, 4) is 0 Å². The summed E-state index contributed by atoms with van der Waals surface area (Å²) in [5, 5.41) is 0. The molecule has 0 saturated heterocycles. The average Bonchev–Trinajstić information content (AvgIpc) is 2.36. The van der Waals surface area contributed by atoms with Crippen molar-refractivity contribution in [1.82, 2.24) is 0 Å². The lowest BCUT2D eigenvalue weighted by Gasteiger charge is -2.19. The highest BCUT2D eigenvalue weighted by Crippen LogP contribution is 2.37. The van der Waals surface area contributed by atoms with E-state index in [-0.39, 0.29) is 11.2 Å². The number of rotatable bonds is 3. The van der Waals surface area contributed by atoms with Gasteiger partial charge in [0.2, 0.25) is 0 Å². The quantitative estimate of drug-likeness (QED) is 0.534. The van der Waals surface area contributed by atoms with Gasteiger partial charge in [0.15, 0.2) is 5.78 Å². The van der Waals surface area contributed by atoms with Crippen molar-refractivity contribution < 1.29 is 4.79 Å². The molecule has 2 heteroatoms. The van der Waals surface area contributed by atoms with Crippen LogP contribution in [0.4, 0.5) is 0 Å². The third kappa shape index (κ3) is 3.05. The third-order valence-electron chi connectivity index (χ3n) is 2.77. The van der Waals surface area contributed by atoms with Crippen LogP contribution in [0.15, 0.2) is 35.1 Å². The molecule has 0 amide bonds. The predicted molar refractivity (Wildman–Crippen MR) is 73.1 cm³/mol. The second kappa shape index (κ2) is 4.17. The van der Waals surface area contributed by atoms with E-state index in [1.54, 1.807) is 6.08 Å². The van der Waals surface area contributed by atoms with Crippen LogP contribution < -0.4 is 0 Å². The molecule has 16 heavy (non-hydrogen) atoms. The first kappa shape index (κ1) is 13.2. The van der Waals surface area contributed by atoms with Gasteiger partial charge >= 0.3 is 0 Å². The molecule has 0 aliphatic heterocycles.